The summed E-state index contributed by atoms with van der Waals surface area (Å²) in [5, 5.41) is 13.1. The van der Waals surface area contributed by atoms with E-state index in [0.29, 0.717) is 12.3 Å². The molecule has 0 aliphatic carbocycles. The number of nitrogens with two attached hydrogens (primary N) is 1. The molecule has 0 saturated heterocycles. The minimum atomic E-state index is 0. The van der Waals surface area contributed by atoms with Crippen molar-refractivity contribution >= 4 is 24.2 Å². The summed E-state index contributed by atoms with van der Waals surface area (Å²) in [7, 11) is 1.95. The van der Waals surface area contributed by atoms with Gasteiger partial charge in [-0.05, 0) is 13.0 Å². The van der Waals surface area contributed by atoms with Crippen LogP contribution in [0.3, 0.4) is 0 Å². The van der Waals surface area contributed by atoms with Crippen molar-refractivity contribution in [2.24, 2.45) is 12.8 Å². The molecule has 19 heavy (non-hydrogen) atoms. The summed E-state index contributed by atoms with van der Waals surface area (Å²) >= 11 is 1.59. The van der Waals surface area contributed by atoms with Crippen LogP contribution in [0, 0.1) is 0 Å². The number of rotatable bonds is 6. The van der Waals surface area contributed by atoms with E-state index < -0.39 is 0 Å². The van der Waals surface area contributed by atoms with E-state index in [1.54, 1.807) is 11.8 Å². The molecule has 8 heteroatoms. The zero-order valence-corrected chi connectivity index (χ0v) is 12.6. The molecule has 0 radical (unpaired) electrons. The first kappa shape index (κ1) is 16.0. The molecule has 6 nitrogen and oxygen atoms in total. The summed E-state index contributed by atoms with van der Waals surface area (Å²) in [6.07, 6.45) is 1.63. The maximum Gasteiger partial charge on any atom is 0.191 e. The van der Waals surface area contributed by atoms with Crippen LogP contribution in [-0.4, -0.2) is 26.5 Å². The van der Waals surface area contributed by atoms with E-state index in [1.807, 2.05) is 17.7 Å². The summed E-state index contributed by atoms with van der Waals surface area (Å²) < 4.78 is 7.19. The first-order valence-electron chi connectivity index (χ1n) is 5.90. The number of nitrogens with zero attached hydrogens (tertiary/aromatic N) is 4. The fourth-order valence-corrected chi connectivity index (χ4v) is 2.35. The number of hydrogen-bond acceptors (Lipinski definition) is 6. The molecule has 2 heterocycles. The van der Waals surface area contributed by atoms with Crippen LogP contribution >= 0.6 is 24.2 Å². The largest absolute Gasteiger partial charge is 0.360 e. The molecule has 2 rings (SSSR count). The first-order valence-corrected chi connectivity index (χ1v) is 6.88. The molecule has 0 aliphatic rings. The normalized spacial score (nSPS) is 10.5. The van der Waals surface area contributed by atoms with Gasteiger partial charge in [0.25, 0.3) is 0 Å². The van der Waals surface area contributed by atoms with Crippen LogP contribution in [0.1, 0.15) is 24.2 Å². The Kier molecular flexibility index (Phi) is 6.33. The van der Waals surface area contributed by atoms with Gasteiger partial charge >= 0.3 is 0 Å². The summed E-state index contributed by atoms with van der Waals surface area (Å²) in [6, 6.07) is 1.98. The number of thioether (sulfide) groups is 1. The highest BCUT2D eigenvalue weighted by Crippen LogP contribution is 2.21. The predicted molar refractivity (Wildman–Crippen MR) is 76.5 cm³/mol. The molecule has 106 valence electrons. The Morgan fingerprint density at radius 1 is 1.42 bits per heavy atom. The van der Waals surface area contributed by atoms with Crippen LogP contribution in [0.25, 0.3) is 0 Å². The van der Waals surface area contributed by atoms with E-state index >= 15 is 0 Å². The Bertz CT molecular complexity index is 513. The molecule has 0 fully saturated rings. The van der Waals surface area contributed by atoms with Crippen LogP contribution in [-0.2, 0) is 25.6 Å². The summed E-state index contributed by atoms with van der Waals surface area (Å²) in [4.78, 5) is 0. The molecule has 0 bridgehead atoms. The van der Waals surface area contributed by atoms with Gasteiger partial charge in [-0.1, -0.05) is 23.8 Å². The average Bonchev–Trinajstić information content (AvgIpc) is 2.96. The van der Waals surface area contributed by atoms with Crippen molar-refractivity contribution in [3.63, 3.8) is 0 Å². The summed E-state index contributed by atoms with van der Waals surface area (Å²) in [6.45, 7) is 2.63. The van der Waals surface area contributed by atoms with Gasteiger partial charge in [-0.3, -0.25) is 0 Å². The van der Waals surface area contributed by atoms with Crippen molar-refractivity contribution in [2.45, 2.75) is 30.7 Å². The van der Waals surface area contributed by atoms with Crippen LogP contribution in [0.15, 0.2) is 15.7 Å². The van der Waals surface area contributed by atoms with Gasteiger partial charge in [0.1, 0.15) is 11.6 Å². The highest BCUT2D eigenvalue weighted by Gasteiger charge is 2.10. The minimum absolute atomic E-state index is 0. The van der Waals surface area contributed by atoms with Crippen LogP contribution in [0.2, 0.25) is 0 Å². The zero-order chi connectivity index (χ0) is 13.0. The molecule has 2 aromatic heterocycles. The lowest BCUT2D eigenvalue weighted by molar-refractivity contribution is 0.389. The molecule has 0 aromatic carbocycles. The quantitative estimate of drug-likeness (QED) is 0.816. The van der Waals surface area contributed by atoms with E-state index in [1.165, 1.54) is 0 Å². The van der Waals surface area contributed by atoms with Gasteiger partial charge in [0.05, 0.1) is 11.4 Å². The molecule has 0 saturated carbocycles. The molecule has 0 amide bonds. The standard InChI is InChI=1S/C11H17N5OS.ClH/c1-3-8-6-9(17-15-8)7-18-11-14-13-10(4-5-12)16(11)2;/h6H,3-5,7,12H2,1-2H3;1H. The lowest BCUT2D eigenvalue weighted by Crippen LogP contribution is -2.08. The lowest BCUT2D eigenvalue weighted by Gasteiger charge is -2.01. The van der Waals surface area contributed by atoms with E-state index in [4.69, 9.17) is 10.3 Å². The number of hydrogen-bond donors (Lipinski definition) is 1. The van der Waals surface area contributed by atoms with Crippen molar-refractivity contribution < 1.29 is 4.52 Å². The highest BCUT2D eigenvalue weighted by molar-refractivity contribution is 7.98. The maximum absolute atomic E-state index is 5.51. The zero-order valence-electron chi connectivity index (χ0n) is 11.0. The van der Waals surface area contributed by atoms with Gasteiger partial charge in [0, 0.05) is 19.5 Å². The van der Waals surface area contributed by atoms with Crippen molar-refractivity contribution in [3.8, 4) is 0 Å². The molecule has 2 N–H and O–H groups in total. The van der Waals surface area contributed by atoms with Gasteiger partial charge in [-0.2, -0.15) is 0 Å². The molecular formula is C11H18ClN5OS. The van der Waals surface area contributed by atoms with E-state index in [9.17, 15) is 0 Å². The summed E-state index contributed by atoms with van der Waals surface area (Å²) in [5.41, 5.74) is 6.49. The van der Waals surface area contributed by atoms with E-state index in [-0.39, 0.29) is 12.4 Å². The lowest BCUT2D eigenvalue weighted by atomic mass is 10.3. The van der Waals surface area contributed by atoms with Gasteiger partial charge in [-0.15, -0.1) is 22.6 Å². The smallest absolute Gasteiger partial charge is 0.191 e. The fourth-order valence-electron chi connectivity index (χ4n) is 1.54. The second-order valence-corrected chi connectivity index (χ2v) is 4.87. The van der Waals surface area contributed by atoms with E-state index in [0.717, 1.165) is 35.3 Å². The minimum Gasteiger partial charge on any atom is -0.360 e. The van der Waals surface area contributed by atoms with Gasteiger partial charge in [0.2, 0.25) is 0 Å². The van der Waals surface area contributed by atoms with Gasteiger partial charge in [0.15, 0.2) is 5.16 Å². The highest BCUT2D eigenvalue weighted by atomic mass is 35.5. The Labute approximate surface area is 122 Å². The molecule has 0 unspecified atom stereocenters. The maximum atomic E-state index is 5.51. The average molecular weight is 304 g/mol. The van der Waals surface area contributed by atoms with Crippen LogP contribution < -0.4 is 5.73 Å². The van der Waals surface area contributed by atoms with Crippen LogP contribution in [0.5, 0.6) is 0 Å². The third-order valence-electron chi connectivity index (χ3n) is 2.61. The van der Waals surface area contributed by atoms with Crippen LogP contribution in [0.4, 0.5) is 0 Å². The van der Waals surface area contributed by atoms with Crippen molar-refractivity contribution in [2.75, 3.05) is 6.54 Å². The third kappa shape index (κ3) is 3.95. The van der Waals surface area contributed by atoms with Gasteiger partial charge in [-0.25, -0.2) is 0 Å². The fraction of sp³-hybridized carbons (Fsp3) is 0.545. The second kappa shape index (κ2) is 7.52. The molecule has 0 aliphatic heterocycles. The number of halogens is 1. The Hall–Kier alpha value is -1.05. The molecular weight excluding hydrogens is 286 g/mol. The third-order valence-corrected chi connectivity index (χ3v) is 3.65. The van der Waals surface area contributed by atoms with E-state index in [2.05, 4.69) is 22.3 Å². The van der Waals surface area contributed by atoms with Crippen molar-refractivity contribution in [1.29, 1.82) is 0 Å². The number of aromatic nitrogens is 4. The van der Waals surface area contributed by atoms with Gasteiger partial charge < -0.3 is 14.8 Å². The first-order chi connectivity index (χ1) is 8.74. The molecule has 2 aromatic rings. The molecule has 0 spiro atoms. The Morgan fingerprint density at radius 2 is 2.21 bits per heavy atom. The number of aryl methyl sites for hydroxylation is 1. The van der Waals surface area contributed by atoms with Crippen molar-refractivity contribution in [3.05, 3.63) is 23.3 Å². The monoisotopic (exact) mass is 303 g/mol. The Morgan fingerprint density at radius 3 is 2.84 bits per heavy atom. The SMILES string of the molecule is CCc1cc(CSc2nnc(CCN)n2C)on1.Cl. The topological polar surface area (TPSA) is 82.8 Å². The molecule has 0 atom stereocenters. The Balaban J connectivity index is 0.00000180. The predicted octanol–water partition coefficient (Wildman–Crippen LogP) is 1.58. The summed E-state index contributed by atoms with van der Waals surface area (Å²) in [5.74, 6) is 2.48. The van der Waals surface area contributed by atoms with Crippen molar-refractivity contribution in [1.82, 2.24) is 19.9 Å². The second-order valence-electron chi connectivity index (χ2n) is 3.92.